The van der Waals surface area contributed by atoms with Crippen LogP contribution in [0.5, 0.6) is 0 Å². The number of benzene rings is 3. The van der Waals surface area contributed by atoms with Gasteiger partial charge >= 0.3 is 11.9 Å². The van der Waals surface area contributed by atoms with E-state index in [0.29, 0.717) is 6.07 Å². The van der Waals surface area contributed by atoms with Crippen molar-refractivity contribution in [2.75, 3.05) is 23.7 Å². The second-order valence-electron chi connectivity index (χ2n) is 12.4. The fraction of sp³-hybridized carbons (Fsp3) is 0.286. The summed E-state index contributed by atoms with van der Waals surface area (Å²) in [4.78, 5) is 34.5. The van der Waals surface area contributed by atoms with Gasteiger partial charge in [0.25, 0.3) is 0 Å². The van der Waals surface area contributed by atoms with E-state index in [-0.39, 0.29) is 69.5 Å². The number of hydrogen-bond acceptors (Lipinski definition) is 5. The van der Waals surface area contributed by atoms with Gasteiger partial charge in [0, 0.05) is 76.7 Å². The van der Waals surface area contributed by atoms with Crippen LogP contribution < -0.4 is 10.6 Å². The number of nitrogens with zero attached hydrogens (tertiary/aromatic N) is 5. The summed E-state index contributed by atoms with van der Waals surface area (Å²) in [5.41, 5.74) is -1.68. The molecule has 14 heteroatoms. The van der Waals surface area contributed by atoms with E-state index in [2.05, 4.69) is 27.5 Å². The predicted octanol–water partition coefficient (Wildman–Crippen LogP) is 8.04. The number of hydrogen-bond donors (Lipinski definition) is 0. The number of halogens is 6. The molecule has 0 radical (unpaired) electrons. The van der Waals surface area contributed by atoms with Crippen molar-refractivity contribution < 1.29 is 26.7 Å². The molecule has 3 atom stereocenters. The van der Waals surface area contributed by atoms with Gasteiger partial charge in [-0.05, 0) is 65.5 Å². The lowest BCUT2D eigenvalue weighted by Gasteiger charge is -2.44. The maximum Gasteiger partial charge on any atom is 0.417 e. The number of rotatable bonds is 4. The largest absolute Gasteiger partial charge is 0.417 e. The number of aromatic nitrogens is 3. The first-order chi connectivity index (χ1) is 23.3. The van der Waals surface area contributed by atoms with Gasteiger partial charge in [-0.25, -0.2) is 13.6 Å². The Morgan fingerprint density at radius 1 is 1.04 bits per heavy atom. The van der Waals surface area contributed by atoms with Gasteiger partial charge in [-0.15, -0.1) is 11.8 Å². The minimum atomic E-state index is -4.97. The number of thioether (sulfide) groups is 1. The summed E-state index contributed by atoms with van der Waals surface area (Å²) in [5, 5.41) is 1.02. The molecule has 254 valence electrons. The molecular formula is C35H29BrF5N5O2S. The van der Waals surface area contributed by atoms with Crippen LogP contribution in [0.4, 0.5) is 27.8 Å². The van der Waals surface area contributed by atoms with Gasteiger partial charge in [-0.2, -0.15) is 18.2 Å². The van der Waals surface area contributed by atoms with Gasteiger partial charge in [-0.3, -0.25) is 9.36 Å². The first kappa shape index (κ1) is 33.3. The molecule has 3 aromatic carbocycles. The molecule has 0 saturated carbocycles. The zero-order valence-corrected chi connectivity index (χ0v) is 28.7. The van der Waals surface area contributed by atoms with Crippen LogP contribution in [0.1, 0.15) is 25.5 Å². The standard InChI is InChI=1S/C35H29BrF5N5O2S/c1-4-29(47)46-18(2)14-43(15-19(46)3)33-23-11-24(35(39,40)41)30(22-12-25(36)27(38)13-26(22)37)32-31(23)45(34(48)42-33)16-21(17-49-32)44-10-9-20-7-5-6-8-28(20)44/h4-13,18-19,21H,1,14-17H2,2-3H3/t18-,19+,21?. The minimum absolute atomic E-state index is 0.0449. The first-order valence-corrected chi connectivity index (χ1v) is 17.3. The quantitative estimate of drug-likeness (QED) is 0.106. The number of para-hydroxylation sites is 1. The zero-order valence-electron chi connectivity index (χ0n) is 26.3. The van der Waals surface area contributed by atoms with Crippen LogP contribution in [0.3, 0.4) is 0 Å². The third-order valence-corrected chi connectivity index (χ3v) is 11.1. The maximum atomic E-state index is 15.6. The molecule has 2 aliphatic heterocycles. The van der Waals surface area contributed by atoms with Crippen molar-refractivity contribution in [1.29, 1.82) is 0 Å². The number of carbonyl (C=O) groups excluding carboxylic acids is 1. The number of anilines is 1. The highest BCUT2D eigenvalue weighted by Gasteiger charge is 2.40. The molecule has 1 fully saturated rings. The van der Waals surface area contributed by atoms with Crippen LogP contribution in [-0.2, 0) is 17.5 Å². The van der Waals surface area contributed by atoms with Gasteiger partial charge in [0.2, 0.25) is 5.91 Å². The Kier molecular flexibility index (Phi) is 8.37. The second kappa shape index (κ2) is 12.3. The number of alkyl halides is 3. The molecule has 7 nitrogen and oxygen atoms in total. The van der Waals surface area contributed by atoms with Crippen molar-refractivity contribution in [3.63, 3.8) is 0 Å². The fourth-order valence-corrected chi connectivity index (χ4v) is 8.91. The summed E-state index contributed by atoms with van der Waals surface area (Å²) < 4.78 is 78.6. The van der Waals surface area contributed by atoms with Crippen molar-refractivity contribution in [3.8, 4) is 11.1 Å². The summed E-state index contributed by atoms with van der Waals surface area (Å²) in [7, 11) is 0. The van der Waals surface area contributed by atoms with Gasteiger partial charge in [0.15, 0.2) is 0 Å². The highest BCUT2D eigenvalue weighted by molar-refractivity contribution is 9.10. The van der Waals surface area contributed by atoms with E-state index in [0.717, 1.165) is 34.8 Å². The molecule has 2 aliphatic rings. The van der Waals surface area contributed by atoms with Crippen molar-refractivity contribution in [1.82, 2.24) is 19.0 Å². The van der Waals surface area contributed by atoms with Crippen molar-refractivity contribution in [2.24, 2.45) is 0 Å². The predicted molar refractivity (Wildman–Crippen MR) is 184 cm³/mol. The topological polar surface area (TPSA) is 63.4 Å². The van der Waals surface area contributed by atoms with Gasteiger partial charge < -0.3 is 14.4 Å². The first-order valence-electron chi connectivity index (χ1n) is 15.5. The third-order valence-electron chi connectivity index (χ3n) is 9.27. The summed E-state index contributed by atoms with van der Waals surface area (Å²) >= 11 is 4.11. The molecular weight excluding hydrogens is 729 g/mol. The number of carbonyl (C=O) groups is 1. The van der Waals surface area contributed by atoms with Crippen LogP contribution in [0.15, 0.2) is 81.5 Å². The van der Waals surface area contributed by atoms with E-state index >= 15 is 17.6 Å². The molecule has 0 N–H and O–H groups in total. The van der Waals surface area contributed by atoms with E-state index in [1.165, 1.54) is 10.6 Å². The molecule has 2 aromatic heterocycles. The third kappa shape index (κ3) is 5.62. The van der Waals surface area contributed by atoms with Crippen molar-refractivity contribution in [3.05, 3.63) is 99.5 Å². The Hall–Kier alpha value is -4.17. The Labute approximate surface area is 290 Å². The van der Waals surface area contributed by atoms with E-state index in [4.69, 9.17) is 0 Å². The Morgan fingerprint density at radius 3 is 2.45 bits per heavy atom. The Morgan fingerprint density at radius 2 is 1.76 bits per heavy atom. The molecule has 5 aromatic rings. The highest BCUT2D eigenvalue weighted by atomic mass is 79.9. The SMILES string of the molecule is C=CC(=O)N1[C@H](C)CN(c2nc(=O)n3c4c(c(-c5cc(Br)c(F)cc5F)c(C(F)(F)F)cc24)SCC(n2ccc4ccccc42)C3)C[C@@H]1C. The fourth-order valence-electron chi connectivity index (χ4n) is 7.22. The molecule has 1 unspecified atom stereocenters. The summed E-state index contributed by atoms with van der Waals surface area (Å²) in [5.74, 6) is -2.13. The van der Waals surface area contributed by atoms with E-state index < -0.39 is 46.2 Å². The van der Waals surface area contributed by atoms with E-state index in [9.17, 15) is 14.0 Å². The van der Waals surface area contributed by atoms with Crippen molar-refractivity contribution >= 4 is 61.2 Å². The minimum Gasteiger partial charge on any atom is -0.352 e. The highest BCUT2D eigenvalue weighted by Crippen LogP contribution is 2.50. The molecule has 0 aliphatic carbocycles. The molecule has 0 spiro atoms. The molecule has 1 saturated heterocycles. The molecule has 7 rings (SSSR count). The summed E-state index contributed by atoms with van der Waals surface area (Å²) in [6, 6.07) is 10.9. The average molecular weight is 759 g/mol. The Balaban J connectivity index is 1.51. The monoisotopic (exact) mass is 757 g/mol. The van der Waals surface area contributed by atoms with Crippen LogP contribution in [-0.4, -0.2) is 55.9 Å². The normalized spacial score (nSPS) is 19.8. The number of fused-ring (bicyclic) bond motifs is 1. The maximum absolute atomic E-state index is 15.6. The lowest BCUT2D eigenvalue weighted by Crippen LogP contribution is -2.58. The summed E-state index contributed by atoms with van der Waals surface area (Å²) in [6.07, 6.45) is -1.88. The van der Waals surface area contributed by atoms with Crippen LogP contribution in [0.25, 0.3) is 32.9 Å². The summed E-state index contributed by atoms with van der Waals surface area (Å²) in [6.45, 7) is 7.66. The van der Waals surface area contributed by atoms with Gasteiger partial charge in [0.05, 0.1) is 21.6 Å². The molecule has 49 heavy (non-hydrogen) atoms. The van der Waals surface area contributed by atoms with Gasteiger partial charge in [0.1, 0.15) is 17.5 Å². The van der Waals surface area contributed by atoms with Crippen LogP contribution >= 0.6 is 27.7 Å². The number of piperazine rings is 1. The van der Waals surface area contributed by atoms with Crippen LogP contribution in [0.2, 0.25) is 0 Å². The van der Waals surface area contributed by atoms with E-state index in [1.807, 2.05) is 54.9 Å². The zero-order chi connectivity index (χ0) is 34.9. The lowest BCUT2D eigenvalue weighted by molar-refractivity contribution is -0.137. The second-order valence-corrected chi connectivity index (χ2v) is 14.3. The molecule has 4 heterocycles. The molecule has 0 bridgehead atoms. The van der Waals surface area contributed by atoms with Gasteiger partial charge in [-0.1, -0.05) is 24.8 Å². The smallest absolute Gasteiger partial charge is 0.352 e. The Bertz CT molecular complexity index is 2220. The van der Waals surface area contributed by atoms with Crippen LogP contribution in [0, 0.1) is 11.6 Å². The van der Waals surface area contributed by atoms with Crippen molar-refractivity contribution in [2.45, 2.75) is 49.6 Å². The average Bonchev–Trinajstić information content (AvgIpc) is 3.37. The molecule has 1 amide bonds. The number of amides is 1. The van der Waals surface area contributed by atoms with E-state index in [1.54, 1.807) is 9.80 Å². The lowest BCUT2D eigenvalue weighted by atomic mass is 9.95.